The second kappa shape index (κ2) is 5.56. The monoisotopic (exact) mass is 303 g/mol. The molecule has 4 N–H and O–H groups in total. The maximum absolute atomic E-state index is 11.9. The van der Waals surface area contributed by atoms with Gasteiger partial charge in [-0.1, -0.05) is 56.5 Å². The van der Waals surface area contributed by atoms with E-state index in [9.17, 15) is 9.90 Å². The summed E-state index contributed by atoms with van der Waals surface area (Å²) in [5.74, 6) is 0. The molecule has 1 heterocycles. The Morgan fingerprint density at radius 1 is 1.27 bits per heavy atom. The maximum Gasteiger partial charge on any atom is 0.331 e. The van der Waals surface area contributed by atoms with Gasteiger partial charge in [0.2, 0.25) is 0 Å². The minimum absolute atomic E-state index is 0.0996. The predicted molar refractivity (Wildman–Crippen MR) is 84.5 cm³/mol. The number of amides is 2. The molecule has 1 saturated carbocycles. The van der Waals surface area contributed by atoms with Crippen LogP contribution in [0, 0.1) is 5.41 Å². The van der Waals surface area contributed by atoms with Gasteiger partial charge in [0.1, 0.15) is 0 Å². The Hall–Kier alpha value is -1.59. The zero-order valence-corrected chi connectivity index (χ0v) is 13.1. The van der Waals surface area contributed by atoms with Crippen LogP contribution in [0.5, 0.6) is 0 Å². The number of benzene rings is 1. The van der Waals surface area contributed by atoms with Crippen molar-refractivity contribution in [1.29, 1.82) is 0 Å². The topological polar surface area (TPSA) is 78.6 Å². The fraction of sp³-hybridized carbons (Fsp3) is 0.588. The highest BCUT2D eigenvalue weighted by Gasteiger charge is 2.57. The van der Waals surface area contributed by atoms with E-state index < -0.39 is 11.8 Å². The smallest absolute Gasteiger partial charge is 0.331 e. The molecule has 0 radical (unpaired) electrons. The highest BCUT2D eigenvalue weighted by molar-refractivity contribution is 5.72. The van der Waals surface area contributed by atoms with Crippen LogP contribution in [0.2, 0.25) is 0 Å². The van der Waals surface area contributed by atoms with E-state index >= 15 is 0 Å². The molecule has 1 saturated heterocycles. The van der Waals surface area contributed by atoms with Gasteiger partial charge in [0.15, 0.2) is 5.72 Å². The normalized spacial score (nSPS) is 31.2. The van der Waals surface area contributed by atoms with Crippen molar-refractivity contribution in [2.24, 2.45) is 11.1 Å². The third kappa shape index (κ3) is 2.38. The van der Waals surface area contributed by atoms with E-state index in [2.05, 4.69) is 12.3 Å². The molecule has 2 aliphatic rings. The Balaban J connectivity index is 1.93. The Labute approximate surface area is 131 Å². The molecule has 5 heteroatoms. The number of nitrogens with zero attached hydrogens (tertiary/aromatic N) is 1. The van der Waals surface area contributed by atoms with Crippen molar-refractivity contribution in [3.63, 3.8) is 0 Å². The second-order valence-electron chi connectivity index (χ2n) is 6.91. The number of carbonyl (C=O) groups is 1. The molecule has 2 atom stereocenters. The zero-order valence-electron chi connectivity index (χ0n) is 13.1. The van der Waals surface area contributed by atoms with Crippen molar-refractivity contribution < 1.29 is 9.90 Å². The Kier molecular flexibility index (Phi) is 3.87. The lowest BCUT2D eigenvalue weighted by molar-refractivity contribution is -0.170. The van der Waals surface area contributed by atoms with Crippen molar-refractivity contribution in [1.82, 2.24) is 10.4 Å². The van der Waals surface area contributed by atoms with Crippen LogP contribution in [-0.4, -0.2) is 21.9 Å². The summed E-state index contributed by atoms with van der Waals surface area (Å²) in [6.07, 6.45) is 5.66. The summed E-state index contributed by atoms with van der Waals surface area (Å²) in [5, 5.41) is 12.7. The molecule has 2 fully saturated rings. The number of nitrogens with one attached hydrogen (secondary N) is 1. The van der Waals surface area contributed by atoms with E-state index in [0.717, 1.165) is 31.2 Å². The number of nitrogens with two attached hydrogens (primary N) is 1. The summed E-state index contributed by atoms with van der Waals surface area (Å²) >= 11 is 0. The van der Waals surface area contributed by atoms with Crippen molar-refractivity contribution >= 4 is 6.03 Å². The first-order valence-electron chi connectivity index (χ1n) is 8.09. The lowest BCUT2D eigenvalue weighted by Crippen LogP contribution is -2.62. The van der Waals surface area contributed by atoms with Crippen LogP contribution in [0.25, 0.3) is 0 Å². The minimum Gasteiger partial charge on any atom is -0.369 e. The van der Waals surface area contributed by atoms with Crippen molar-refractivity contribution in [3.8, 4) is 0 Å². The molecule has 0 spiro atoms. The van der Waals surface area contributed by atoms with E-state index in [1.807, 2.05) is 30.3 Å². The summed E-state index contributed by atoms with van der Waals surface area (Å²) < 4.78 is 0. The molecule has 0 bridgehead atoms. The van der Waals surface area contributed by atoms with Gasteiger partial charge in [-0.05, 0) is 18.4 Å². The quantitative estimate of drug-likeness (QED) is 0.786. The lowest BCUT2D eigenvalue weighted by atomic mass is 9.66. The van der Waals surface area contributed by atoms with Gasteiger partial charge in [-0.2, -0.15) is 0 Å². The fourth-order valence-corrected chi connectivity index (χ4v) is 4.06. The largest absolute Gasteiger partial charge is 0.369 e. The summed E-state index contributed by atoms with van der Waals surface area (Å²) in [4.78, 5) is 11.9. The number of primary amides is 1. The molecular formula is C17H25N3O2. The average molecular weight is 303 g/mol. The highest BCUT2D eigenvalue weighted by Crippen LogP contribution is 2.51. The number of aliphatic hydroxyl groups is 1. The number of hydrogen-bond donors (Lipinski definition) is 3. The van der Waals surface area contributed by atoms with Crippen LogP contribution < -0.4 is 11.2 Å². The summed E-state index contributed by atoms with van der Waals surface area (Å²) in [7, 11) is 0. The van der Waals surface area contributed by atoms with Crippen LogP contribution in [0.3, 0.4) is 0 Å². The third-order valence-electron chi connectivity index (χ3n) is 5.49. The van der Waals surface area contributed by atoms with Crippen LogP contribution in [-0.2, 0) is 0 Å². The third-order valence-corrected chi connectivity index (χ3v) is 5.49. The van der Waals surface area contributed by atoms with Crippen LogP contribution in [0.15, 0.2) is 30.3 Å². The molecule has 1 aliphatic heterocycles. The van der Waals surface area contributed by atoms with Crippen molar-refractivity contribution in [2.75, 3.05) is 0 Å². The number of hydrazine groups is 1. The van der Waals surface area contributed by atoms with E-state index in [-0.39, 0.29) is 11.5 Å². The Morgan fingerprint density at radius 2 is 1.91 bits per heavy atom. The van der Waals surface area contributed by atoms with Gasteiger partial charge in [0.25, 0.3) is 0 Å². The lowest BCUT2D eigenvalue weighted by Gasteiger charge is -2.48. The van der Waals surface area contributed by atoms with E-state index in [0.29, 0.717) is 6.42 Å². The molecule has 1 aliphatic carbocycles. The van der Waals surface area contributed by atoms with Gasteiger partial charge < -0.3 is 10.8 Å². The molecule has 22 heavy (non-hydrogen) atoms. The fourth-order valence-electron chi connectivity index (χ4n) is 4.06. The summed E-state index contributed by atoms with van der Waals surface area (Å²) in [5.41, 5.74) is 8.17. The van der Waals surface area contributed by atoms with Gasteiger partial charge >= 0.3 is 6.03 Å². The van der Waals surface area contributed by atoms with Gasteiger partial charge in [-0.25, -0.2) is 15.2 Å². The average Bonchev–Trinajstić information content (AvgIpc) is 2.89. The Bertz CT molecular complexity index is 542. The predicted octanol–water partition coefficient (Wildman–Crippen LogP) is 2.68. The number of hydrogen-bond acceptors (Lipinski definition) is 3. The molecule has 1 aromatic rings. The van der Waals surface area contributed by atoms with Gasteiger partial charge in [-0.15, -0.1) is 0 Å². The first-order chi connectivity index (χ1) is 10.5. The second-order valence-corrected chi connectivity index (χ2v) is 6.91. The Morgan fingerprint density at radius 3 is 2.50 bits per heavy atom. The SMILES string of the molecule is CC1([C@]2(O)C[C@H](c3ccccc3)NN2C(N)=O)CCCCC1. The summed E-state index contributed by atoms with van der Waals surface area (Å²) in [6, 6.07) is 9.18. The first kappa shape index (κ1) is 15.3. The molecule has 5 nitrogen and oxygen atoms in total. The van der Waals surface area contributed by atoms with E-state index in [1.165, 1.54) is 11.4 Å². The first-order valence-corrected chi connectivity index (χ1v) is 8.09. The van der Waals surface area contributed by atoms with Crippen molar-refractivity contribution in [2.45, 2.75) is 57.2 Å². The minimum atomic E-state index is -1.24. The molecule has 3 rings (SSSR count). The van der Waals surface area contributed by atoms with Crippen LogP contribution in [0.1, 0.15) is 57.1 Å². The highest BCUT2D eigenvalue weighted by atomic mass is 16.3. The summed E-state index contributed by atoms with van der Waals surface area (Å²) in [6.45, 7) is 2.08. The maximum atomic E-state index is 11.9. The van der Waals surface area contributed by atoms with Crippen molar-refractivity contribution in [3.05, 3.63) is 35.9 Å². The van der Waals surface area contributed by atoms with Crippen LogP contribution in [0.4, 0.5) is 4.79 Å². The number of rotatable bonds is 2. The van der Waals surface area contributed by atoms with Gasteiger partial charge in [0, 0.05) is 11.8 Å². The van der Waals surface area contributed by atoms with E-state index in [4.69, 9.17) is 5.73 Å². The van der Waals surface area contributed by atoms with E-state index in [1.54, 1.807) is 0 Å². The van der Waals surface area contributed by atoms with Crippen LogP contribution >= 0.6 is 0 Å². The molecule has 0 unspecified atom stereocenters. The zero-order chi connectivity index (χ0) is 15.8. The van der Waals surface area contributed by atoms with Gasteiger partial charge in [0.05, 0.1) is 6.04 Å². The number of carbonyl (C=O) groups excluding carboxylic acids is 1. The molecular weight excluding hydrogens is 278 g/mol. The number of urea groups is 1. The molecule has 120 valence electrons. The standard InChI is InChI=1S/C17H25N3O2/c1-16(10-6-3-7-11-16)17(22)12-14(19-20(17)15(18)21)13-8-4-2-5-9-13/h2,4-5,8-9,14,19,22H,3,6-7,10-12H2,1H3,(H2,18,21)/t14-,17-/m1/s1. The molecule has 0 aromatic heterocycles. The van der Waals surface area contributed by atoms with Gasteiger partial charge in [-0.3, -0.25) is 0 Å². The molecule has 2 amide bonds. The molecule has 1 aromatic carbocycles.